The highest BCUT2D eigenvalue weighted by Crippen LogP contribution is 2.37. The zero-order valence-corrected chi connectivity index (χ0v) is 14.4. The van der Waals surface area contributed by atoms with E-state index in [9.17, 15) is 23.1 Å². The molecule has 0 atom stereocenters. The molecule has 1 heterocycles. The van der Waals surface area contributed by atoms with Crippen LogP contribution in [-0.2, 0) is 6.18 Å². The van der Waals surface area contributed by atoms with Crippen LogP contribution in [0.5, 0.6) is 5.75 Å². The molecule has 0 saturated heterocycles. The fourth-order valence-electron chi connectivity index (χ4n) is 3.08. The molecule has 1 aromatic heterocycles. The quantitative estimate of drug-likeness (QED) is 0.692. The molecule has 0 bridgehead atoms. The molecule has 1 aliphatic carbocycles. The lowest BCUT2D eigenvalue weighted by atomic mass is 9.95. The summed E-state index contributed by atoms with van der Waals surface area (Å²) in [6, 6.07) is 4.31. The molecule has 3 N–H and O–H groups in total. The second-order valence-electron chi connectivity index (χ2n) is 6.45. The molecular weight excluding hydrogens is 361 g/mol. The van der Waals surface area contributed by atoms with E-state index in [-0.39, 0.29) is 11.7 Å². The third kappa shape index (κ3) is 4.87. The van der Waals surface area contributed by atoms with Gasteiger partial charge in [0.25, 0.3) is 5.91 Å². The van der Waals surface area contributed by atoms with Gasteiger partial charge in [0.15, 0.2) is 0 Å². The predicted octanol–water partition coefficient (Wildman–Crippen LogP) is 4.20. The Bertz CT molecular complexity index is 820. The molecule has 9 heteroatoms. The number of nitrogens with zero attached hydrogens (tertiary/aromatic N) is 2. The highest BCUT2D eigenvalue weighted by Gasteiger charge is 2.34. The van der Waals surface area contributed by atoms with Crippen molar-refractivity contribution in [3.05, 3.63) is 41.9 Å². The number of carbonyl (C=O) groups is 1. The van der Waals surface area contributed by atoms with Crippen molar-refractivity contribution in [3.8, 4) is 5.75 Å². The maximum Gasteiger partial charge on any atom is 0.418 e. The van der Waals surface area contributed by atoms with Crippen molar-refractivity contribution in [1.82, 2.24) is 9.97 Å². The molecule has 0 spiro atoms. The van der Waals surface area contributed by atoms with Crippen LogP contribution in [0.25, 0.3) is 0 Å². The minimum absolute atomic E-state index is 0.0514. The smallest absolute Gasteiger partial charge is 0.418 e. The lowest BCUT2D eigenvalue weighted by molar-refractivity contribution is -0.137. The maximum absolute atomic E-state index is 13.1. The van der Waals surface area contributed by atoms with Crippen LogP contribution in [0, 0.1) is 0 Å². The third-order valence-corrected chi connectivity index (χ3v) is 4.41. The van der Waals surface area contributed by atoms with Gasteiger partial charge >= 0.3 is 6.18 Å². The van der Waals surface area contributed by atoms with Crippen molar-refractivity contribution in [3.63, 3.8) is 0 Å². The molecule has 27 heavy (non-hydrogen) atoms. The van der Waals surface area contributed by atoms with Crippen molar-refractivity contribution in [2.75, 3.05) is 10.6 Å². The number of benzene rings is 1. The largest absolute Gasteiger partial charge is 0.508 e. The lowest BCUT2D eigenvalue weighted by Crippen LogP contribution is -2.23. The first kappa shape index (κ1) is 18.9. The summed E-state index contributed by atoms with van der Waals surface area (Å²) in [4.78, 5) is 20.3. The molecule has 1 saturated carbocycles. The summed E-state index contributed by atoms with van der Waals surface area (Å²) in [5, 5.41) is 14.7. The number of hydrogen-bond donors (Lipinski definition) is 3. The van der Waals surface area contributed by atoms with Gasteiger partial charge in [-0.05, 0) is 31.0 Å². The number of nitrogens with one attached hydrogen (secondary N) is 2. The number of anilines is 2. The van der Waals surface area contributed by atoms with E-state index >= 15 is 0 Å². The fraction of sp³-hybridized carbons (Fsp3) is 0.389. The Hall–Kier alpha value is -2.84. The molecule has 144 valence electrons. The van der Waals surface area contributed by atoms with E-state index in [1.807, 2.05) is 0 Å². The SMILES string of the molecule is O=C(Nc1ccc(O)cc1C(F)(F)F)c1cc(NC2CCCCC2)ncn1. The van der Waals surface area contributed by atoms with Crippen LogP contribution >= 0.6 is 0 Å². The Kier molecular flexibility index (Phi) is 5.48. The van der Waals surface area contributed by atoms with Gasteiger partial charge in [-0.15, -0.1) is 0 Å². The van der Waals surface area contributed by atoms with Crippen molar-refractivity contribution < 1.29 is 23.1 Å². The van der Waals surface area contributed by atoms with Crippen LogP contribution in [0.3, 0.4) is 0 Å². The second kappa shape index (κ2) is 7.81. The van der Waals surface area contributed by atoms with Crippen LogP contribution in [0.15, 0.2) is 30.6 Å². The van der Waals surface area contributed by atoms with Crippen molar-refractivity contribution >= 4 is 17.4 Å². The summed E-state index contributed by atoms with van der Waals surface area (Å²) in [7, 11) is 0. The Labute approximate surface area is 153 Å². The number of alkyl halides is 3. The molecular formula is C18H19F3N4O2. The number of aromatic hydroxyl groups is 1. The zero-order valence-electron chi connectivity index (χ0n) is 14.4. The van der Waals surface area contributed by atoms with E-state index in [4.69, 9.17) is 0 Å². The van der Waals surface area contributed by atoms with Gasteiger partial charge in [0, 0.05) is 12.1 Å². The van der Waals surface area contributed by atoms with Gasteiger partial charge in [-0.1, -0.05) is 19.3 Å². The Balaban J connectivity index is 1.76. The zero-order chi connectivity index (χ0) is 19.4. The molecule has 6 nitrogen and oxygen atoms in total. The average molecular weight is 380 g/mol. The average Bonchev–Trinajstić information content (AvgIpc) is 2.63. The van der Waals surface area contributed by atoms with Gasteiger partial charge in [-0.3, -0.25) is 4.79 Å². The molecule has 1 amide bonds. The molecule has 0 unspecified atom stereocenters. The lowest BCUT2D eigenvalue weighted by Gasteiger charge is -2.23. The molecule has 3 rings (SSSR count). The third-order valence-electron chi connectivity index (χ3n) is 4.41. The highest BCUT2D eigenvalue weighted by molar-refractivity contribution is 6.03. The molecule has 0 radical (unpaired) electrons. The van der Waals surface area contributed by atoms with Gasteiger partial charge in [-0.25, -0.2) is 9.97 Å². The summed E-state index contributed by atoms with van der Waals surface area (Å²) >= 11 is 0. The summed E-state index contributed by atoms with van der Waals surface area (Å²) in [6.07, 6.45) is 1.93. The van der Waals surface area contributed by atoms with Crippen LogP contribution < -0.4 is 10.6 Å². The number of amides is 1. The van der Waals surface area contributed by atoms with Crippen LogP contribution in [-0.4, -0.2) is 27.0 Å². The molecule has 1 aromatic carbocycles. The van der Waals surface area contributed by atoms with Crippen LogP contribution in [0.1, 0.15) is 48.2 Å². The Morgan fingerprint density at radius 2 is 1.85 bits per heavy atom. The first-order valence-corrected chi connectivity index (χ1v) is 8.63. The minimum Gasteiger partial charge on any atom is -0.508 e. The van der Waals surface area contributed by atoms with Gasteiger partial charge in [0.05, 0.1) is 11.3 Å². The second-order valence-corrected chi connectivity index (χ2v) is 6.45. The van der Waals surface area contributed by atoms with E-state index in [2.05, 4.69) is 20.6 Å². The topological polar surface area (TPSA) is 87.1 Å². The molecule has 1 fully saturated rings. The number of rotatable bonds is 4. The monoisotopic (exact) mass is 380 g/mol. The molecule has 1 aliphatic rings. The number of hydrogen-bond acceptors (Lipinski definition) is 5. The molecule has 0 aliphatic heterocycles. The number of carbonyl (C=O) groups excluding carboxylic acids is 1. The van der Waals surface area contributed by atoms with Crippen molar-refractivity contribution in [1.29, 1.82) is 0 Å². The number of halogens is 3. The fourth-order valence-corrected chi connectivity index (χ4v) is 3.08. The summed E-state index contributed by atoms with van der Waals surface area (Å²) < 4.78 is 39.3. The van der Waals surface area contributed by atoms with E-state index in [1.165, 1.54) is 18.8 Å². The van der Waals surface area contributed by atoms with Gasteiger partial charge in [-0.2, -0.15) is 13.2 Å². The van der Waals surface area contributed by atoms with E-state index < -0.39 is 29.1 Å². The number of phenols is 1. The highest BCUT2D eigenvalue weighted by atomic mass is 19.4. The van der Waals surface area contributed by atoms with E-state index in [0.717, 1.165) is 37.8 Å². The van der Waals surface area contributed by atoms with Gasteiger partial charge < -0.3 is 15.7 Å². The van der Waals surface area contributed by atoms with Crippen LogP contribution in [0.2, 0.25) is 0 Å². The number of aromatic nitrogens is 2. The van der Waals surface area contributed by atoms with Gasteiger partial charge in [0.2, 0.25) is 0 Å². The number of phenolic OH excluding ortho intramolecular Hbond substituents is 1. The van der Waals surface area contributed by atoms with Crippen molar-refractivity contribution in [2.24, 2.45) is 0 Å². The minimum atomic E-state index is -4.72. The summed E-state index contributed by atoms with van der Waals surface area (Å²) in [6.45, 7) is 0. The van der Waals surface area contributed by atoms with E-state index in [1.54, 1.807) is 0 Å². The first-order valence-electron chi connectivity index (χ1n) is 8.63. The van der Waals surface area contributed by atoms with Crippen LogP contribution in [0.4, 0.5) is 24.7 Å². The predicted molar refractivity (Wildman–Crippen MR) is 93.6 cm³/mol. The Morgan fingerprint density at radius 1 is 1.11 bits per heavy atom. The summed E-state index contributed by atoms with van der Waals surface area (Å²) in [5.74, 6) is -0.870. The molecule has 2 aromatic rings. The first-order chi connectivity index (χ1) is 12.8. The standard InChI is InChI=1S/C18H19F3N4O2/c19-18(20,21)13-8-12(26)6-7-14(13)25-17(27)15-9-16(23-10-22-15)24-11-4-2-1-3-5-11/h6-11,26H,1-5H2,(H,25,27)(H,22,23,24). The normalized spacial score (nSPS) is 15.4. The van der Waals surface area contributed by atoms with Gasteiger partial charge in [0.1, 0.15) is 23.6 Å². The van der Waals surface area contributed by atoms with E-state index in [0.29, 0.717) is 11.9 Å². The summed E-state index contributed by atoms with van der Waals surface area (Å²) in [5.41, 5.74) is -1.64. The Morgan fingerprint density at radius 3 is 2.56 bits per heavy atom. The maximum atomic E-state index is 13.1. The van der Waals surface area contributed by atoms with Crippen molar-refractivity contribution in [2.45, 2.75) is 44.3 Å².